The lowest BCUT2D eigenvalue weighted by atomic mass is 9.81. The van der Waals surface area contributed by atoms with Gasteiger partial charge in [0.25, 0.3) is 0 Å². The monoisotopic (exact) mass is 284 g/mol. The summed E-state index contributed by atoms with van der Waals surface area (Å²) in [5.41, 5.74) is 2.47. The van der Waals surface area contributed by atoms with E-state index in [0.29, 0.717) is 5.56 Å². The molecule has 0 spiro atoms. The first kappa shape index (κ1) is 15.1. The molecular weight excluding hydrogens is 264 g/mol. The van der Waals surface area contributed by atoms with Gasteiger partial charge in [-0.25, -0.2) is 4.79 Å². The molecule has 21 heavy (non-hydrogen) atoms. The van der Waals surface area contributed by atoms with Crippen LogP contribution in [0.4, 0.5) is 0 Å². The molecule has 3 heteroatoms. The minimum atomic E-state index is -1.12. The zero-order valence-electron chi connectivity index (χ0n) is 12.6. The zero-order chi connectivity index (χ0) is 15.6. The van der Waals surface area contributed by atoms with E-state index in [1.807, 2.05) is 18.2 Å². The van der Waals surface area contributed by atoms with Gasteiger partial charge in [-0.2, -0.15) is 0 Å². The Morgan fingerprint density at radius 2 is 1.81 bits per heavy atom. The van der Waals surface area contributed by atoms with Crippen molar-refractivity contribution in [2.24, 2.45) is 0 Å². The Morgan fingerprint density at radius 3 is 2.43 bits per heavy atom. The third-order valence-corrected chi connectivity index (χ3v) is 4.10. The van der Waals surface area contributed by atoms with Crippen molar-refractivity contribution in [3.63, 3.8) is 0 Å². The van der Waals surface area contributed by atoms with Gasteiger partial charge in [0.2, 0.25) is 0 Å². The number of carboxylic acid groups (broad SMARTS) is 1. The molecule has 0 fully saturated rings. The Morgan fingerprint density at radius 1 is 1.14 bits per heavy atom. The zero-order valence-corrected chi connectivity index (χ0v) is 12.6. The molecule has 2 rings (SSSR count). The molecule has 2 aromatic carbocycles. The van der Waals surface area contributed by atoms with Crippen LogP contribution in [0.2, 0.25) is 0 Å². The Hall–Kier alpha value is -2.29. The number of carbonyl (C=O) groups is 1. The van der Waals surface area contributed by atoms with Crippen molar-refractivity contribution in [3.8, 4) is 16.9 Å². The van der Waals surface area contributed by atoms with E-state index < -0.39 is 5.97 Å². The van der Waals surface area contributed by atoms with Gasteiger partial charge in [0.15, 0.2) is 0 Å². The molecule has 0 radical (unpaired) electrons. The van der Waals surface area contributed by atoms with E-state index in [2.05, 4.69) is 26.8 Å². The van der Waals surface area contributed by atoms with Crippen LogP contribution in [0.15, 0.2) is 42.5 Å². The van der Waals surface area contributed by atoms with Crippen molar-refractivity contribution in [1.29, 1.82) is 0 Å². The van der Waals surface area contributed by atoms with Crippen LogP contribution in [0.5, 0.6) is 5.75 Å². The molecule has 0 saturated heterocycles. The van der Waals surface area contributed by atoms with Crippen LogP contribution in [0, 0.1) is 0 Å². The smallest absolute Gasteiger partial charge is 0.340 e. The molecule has 0 atom stereocenters. The second-order valence-corrected chi connectivity index (χ2v) is 5.82. The van der Waals surface area contributed by atoms with Crippen LogP contribution < -0.4 is 0 Å². The largest absolute Gasteiger partial charge is 0.507 e. The van der Waals surface area contributed by atoms with E-state index in [-0.39, 0.29) is 16.7 Å². The topological polar surface area (TPSA) is 57.5 Å². The predicted octanol–water partition coefficient (Wildman–Crippen LogP) is 4.45. The average molecular weight is 284 g/mol. The fourth-order valence-electron chi connectivity index (χ4n) is 2.32. The van der Waals surface area contributed by atoms with E-state index in [0.717, 1.165) is 17.5 Å². The van der Waals surface area contributed by atoms with E-state index in [9.17, 15) is 15.0 Å². The highest BCUT2D eigenvalue weighted by atomic mass is 16.4. The summed E-state index contributed by atoms with van der Waals surface area (Å²) in [7, 11) is 0. The molecule has 0 aliphatic heterocycles. The minimum Gasteiger partial charge on any atom is -0.507 e. The second-order valence-electron chi connectivity index (χ2n) is 5.82. The van der Waals surface area contributed by atoms with Gasteiger partial charge in [-0.15, -0.1) is 0 Å². The molecular formula is C18H20O3. The summed E-state index contributed by atoms with van der Waals surface area (Å²) in [6, 6.07) is 12.6. The number of hydrogen-bond acceptors (Lipinski definition) is 2. The minimum absolute atomic E-state index is 0.0240. The first-order valence-corrected chi connectivity index (χ1v) is 7.03. The fourth-order valence-corrected chi connectivity index (χ4v) is 2.32. The first-order chi connectivity index (χ1) is 9.86. The number of benzene rings is 2. The van der Waals surface area contributed by atoms with Crippen LogP contribution >= 0.6 is 0 Å². The molecule has 2 aromatic rings. The maximum atomic E-state index is 11.4. The Labute approximate surface area is 124 Å². The number of rotatable bonds is 4. The second kappa shape index (κ2) is 5.60. The number of carboxylic acids is 1. The third kappa shape index (κ3) is 2.92. The molecule has 0 aliphatic carbocycles. The van der Waals surface area contributed by atoms with Crippen molar-refractivity contribution in [3.05, 3.63) is 53.6 Å². The van der Waals surface area contributed by atoms with Crippen LogP contribution in [0.25, 0.3) is 11.1 Å². The Balaban J connectivity index is 2.61. The van der Waals surface area contributed by atoms with E-state index in [1.54, 1.807) is 12.1 Å². The van der Waals surface area contributed by atoms with E-state index >= 15 is 0 Å². The van der Waals surface area contributed by atoms with Crippen LogP contribution in [0.3, 0.4) is 0 Å². The molecule has 110 valence electrons. The third-order valence-electron chi connectivity index (χ3n) is 4.10. The summed E-state index contributed by atoms with van der Waals surface area (Å²) in [5.74, 6) is -1.33. The normalized spacial score (nSPS) is 11.4. The molecule has 2 N–H and O–H groups in total. The summed E-state index contributed by atoms with van der Waals surface area (Å²) in [6.07, 6.45) is 0.988. The van der Waals surface area contributed by atoms with Gasteiger partial charge in [0.05, 0.1) is 0 Å². The highest BCUT2D eigenvalue weighted by Gasteiger charge is 2.20. The molecule has 0 heterocycles. The van der Waals surface area contributed by atoms with Crippen molar-refractivity contribution in [1.82, 2.24) is 0 Å². The van der Waals surface area contributed by atoms with Gasteiger partial charge in [0, 0.05) is 0 Å². The molecule has 3 nitrogen and oxygen atoms in total. The maximum absolute atomic E-state index is 11.4. The van der Waals surface area contributed by atoms with Gasteiger partial charge in [-0.05, 0) is 34.6 Å². The summed E-state index contributed by atoms with van der Waals surface area (Å²) < 4.78 is 0. The van der Waals surface area contributed by atoms with Gasteiger partial charge in [-0.1, -0.05) is 57.2 Å². The first-order valence-electron chi connectivity index (χ1n) is 7.03. The molecule has 0 aromatic heterocycles. The van der Waals surface area contributed by atoms with Crippen LogP contribution in [-0.2, 0) is 5.41 Å². The maximum Gasteiger partial charge on any atom is 0.340 e. The fraction of sp³-hybridized carbons (Fsp3) is 0.278. The lowest BCUT2D eigenvalue weighted by Crippen LogP contribution is -2.15. The van der Waals surface area contributed by atoms with E-state index in [1.165, 1.54) is 6.07 Å². The predicted molar refractivity (Wildman–Crippen MR) is 83.8 cm³/mol. The summed E-state index contributed by atoms with van der Waals surface area (Å²) in [5, 5.41) is 19.1. The molecule has 0 unspecified atom stereocenters. The van der Waals surface area contributed by atoms with Crippen molar-refractivity contribution in [2.45, 2.75) is 32.6 Å². The van der Waals surface area contributed by atoms with Gasteiger partial charge < -0.3 is 10.2 Å². The van der Waals surface area contributed by atoms with Gasteiger partial charge in [0.1, 0.15) is 11.3 Å². The van der Waals surface area contributed by atoms with Crippen molar-refractivity contribution in [2.75, 3.05) is 0 Å². The number of phenols is 1. The Bertz CT molecular complexity index is 672. The molecule has 0 bridgehead atoms. The van der Waals surface area contributed by atoms with Crippen LogP contribution in [0.1, 0.15) is 43.1 Å². The molecule has 0 amide bonds. The number of aromatic hydroxyl groups is 1. The summed E-state index contributed by atoms with van der Waals surface area (Å²) >= 11 is 0. The van der Waals surface area contributed by atoms with Crippen molar-refractivity contribution >= 4 is 5.97 Å². The number of aromatic carboxylic acids is 1. The molecule has 0 saturated carbocycles. The lowest BCUT2D eigenvalue weighted by molar-refractivity contribution is 0.0694. The quantitative estimate of drug-likeness (QED) is 0.872. The summed E-state index contributed by atoms with van der Waals surface area (Å²) in [4.78, 5) is 11.4. The summed E-state index contributed by atoms with van der Waals surface area (Å²) in [6.45, 7) is 6.45. The lowest BCUT2D eigenvalue weighted by Gasteiger charge is -2.24. The highest BCUT2D eigenvalue weighted by molar-refractivity contribution is 5.98. The number of hydrogen-bond donors (Lipinski definition) is 2. The Kier molecular flexibility index (Phi) is 4.03. The highest BCUT2D eigenvalue weighted by Crippen LogP contribution is 2.34. The van der Waals surface area contributed by atoms with E-state index in [4.69, 9.17) is 0 Å². The van der Waals surface area contributed by atoms with Crippen LogP contribution in [-0.4, -0.2) is 16.2 Å². The average Bonchev–Trinajstić information content (AvgIpc) is 2.46. The standard InChI is InChI=1S/C18H20O3/c1-4-18(2,3)13-8-5-7-12(11-13)14-9-6-10-15(19)16(14)17(20)21/h5-11,19H,4H2,1-3H3,(H,20,21). The molecule has 0 aliphatic rings. The SMILES string of the molecule is CCC(C)(C)c1cccc(-c2cccc(O)c2C(=O)O)c1. The van der Waals surface area contributed by atoms with Crippen molar-refractivity contribution < 1.29 is 15.0 Å². The van der Waals surface area contributed by atoms with Gasteiger partial charge >= 0.3 is 5.97 Å². The van der Waals surface area contributed by atoms with Gasteiger partial charge in [-0.3, -0.25) is 0 Å².